The van der Waals surface area contributed by atoms with Gasteiger partial charge >= 0.3 is 11.7 Å². The first-order valence-corrected chi connectivity index (χ1v) is 8.71. The van der Waals surface area contributed by atoms with E-state index < -0.39 is 9.85 Å². The summed E-state index contributed by atoms with van der Waals surface area (Å²) in [4.78, 5) is 31.7. The molecule has 1 fully saturated rings. The Morgan fingerprint density at radius 2 is 1.96 bits per heavy atom. The van der Waals surface area contributed by atoms with Crippen LogP contribution in [-0.4, -0.2) is 28.6 Å². The number of hydrogen-bond donors (Lipinski definition) is 1. The lowest BCUT2D eigenvalue weighted by molar-refractivity contribution is -0.393. The number of methoxy groups -OCH3 is 1. The molecular formula is C17H22N4O6. The van der Waals surface area contributed by atoms with Crippen molar-refractivity contribution in [3.05, 3.63) is 38.4 Å². The molecule has 1 N–H and O–H groups in total. The molecule has 0 atom stereocenters. The molecule has 27 heavy (non-hydrogen) atoms. The van der Waals surface area contributed by atoms with E-state index in [9.17, 15) is 25.0 Å². The number of nitro benzene ring substituents is 2. The summed E-state index contributed by atoms with van der Waals surface area (Å²) in [7, 11) is 1.38. The minimum Gasteiger partial charge on any atom is -0.469 e. The number of hydrogen-bond acceptors (Lipinski definition) is 8. The molecule has 146 valence electrons. The molecule has 1 aliphatic rings. The summed E-state index contributed by atoms with van der Waals surface area (Å²) in [5, 5.41) is 26.1. The van der Waals surface area contributed by atoms with Gasteiger partial charge in [0.1, 0.15) is 5.69 Å². The van der Waals surface area contributed by atoms with Gasteiger partial charge in [-0.15, -0.1) is 0 Å². The third-order valence-electron chi connectivity index (χ3n) is 4.63. The molecule has 1 aromatic carbocycles. The second-order valence-electron chi connectivity index (χ2n) is 6.42. The van der Waals surface area contributed by atoms with Crippen molar-refractivity contribution in [1.82, 2.24) is 0 Å². The van der Waals surface area contributed by atoms with E-state index >= 15 is 0 Å². The number of carbonyl (C=O) groups is 1. The van der Waals surface area contributed by atoms with Crippen molar-refractivity contribution in [2.45, 2.75) is 44.9 Å². The zero-order valence-electron chi connectivity index (χ0n) is 15.1. The highest BCUT2D eigenvalue weighted by Gasteiger charge is 2.21. The van der Waals surface area contributed by atoms with Crippen LogP contribution in [0.5, 0.6) is 0 Å². The van der Waals surface area contributed by atoms with Gasteiger partial charge in [0, 0.05) is 18.2 Å². The second-order valence-corrected chi connectivity index (χ2v) is 6.42. The lowest BCUT2D eigenvalue weighted by Crippen LogP contribution is -2.16. The van der Waals surface area contributed by atoms with Crippen molar-refractivity contribution in [1.29, 1.82) is 0 Å². The SMILES string of the molecule is COC(=O)CCCC1CCC(=NNc2ccc([N+](=O)[O-])cc2[N+](=O)[O-])CC1. The van der Waals surface area contributed by atoms with Crippen molar-refractivity contribution in [2.24, 2.45) is 11.0 Å². The highest BCUT2D eigenvalue weighted by atomic mass is 16.6. The van der Waals surface area contributed by atoms with E-state index in [1.165, 1.54) is 19.2 Å². The Morgan fingerprint density at radius 1 is 1.26 bits per heavy atom. The summed E-state index contributed by atoms with van der Waals surface area (Å²) in [6.07, 6.45) is 5.64. The summed E-state index contributed by atoms with van der Waals surface area (Å²) in [5.74, 6) is 0.337. The molecule has 10 nitrogen and oxygen atoms in total. The molecule has 1 aromatic rings. The summed E-state index contributed by atoms with van der Waals surface area (Å²) in [6, 6.07) is 3.41. The van der Waals surface area contributed by atoms with E-state index in [1.807, 2.05) is 0 Å². The second kappa shape index (κ2) is 9.60. The molecule has 0 aliphatic heterocycles. The number of nitro groups is 2. The van der Waals surface area contributed by atoms with Gasteiger partial charge in [0.2, 0.25) is 0 Å². The molecular weight excluding hydrogens is 356 g/mol. The third kappa shape index (κ3) is 6.01. The molecule has 10 heteroatoms. The van der Waals surface area contributed by atoms with Gasteiger partial charge in [-0.05, 0) is 50.5 Å². The summed E-state index contributed by atoms with van der Waals surface area (Å²) in [6.45, 7) is 0. The maximum Gasteiger partial charge on any atom is 0.305 e. The van der Waals surface area contributed by atoms with E-state index in [-0.39, 0.29) is 23.0 Å². The van der Waals surface area contributed by atoms with Crippen LogP contribution >= 0.6 is 0 Å². The highest BCUT2D eigenvalue weighted by molar-refractivity contribution is 5.86. The van der Waals surface area contributed by atoms with Crippen LogP contribution in [0.15, 0.2) is 23.3 Å². The smallest absolute Gasteiger partial charge is 0.305 e. The summed E-state index contributed by atoms with van der Waals surface area (Å²) < 4.78 is 4.63. The Labute approximate surface area is 155 Å². The van der Waals surface area contributed by atoms with E-state index in [1.54, 1.807) is 0 Å². The molecule has 0 spiro atoms. The molecule has 0 heterocycles. The fraction of sp³-hybridized carbons (Fsp3) is 0.529. The van der Waals surface area contributed by atoms with Gasteiger partial charge < -0.3 is 4.74 Å². The Hall–Kier alpha value is -3.04. The summed E-state index contributed by atoms with van der Waals surface area (Å²) >= 11 is 0. The molecule has 1 aliphatic carbocycles. The molecule has 1 saturated carbocycles. The Morgan fingerprint density at radius 3 is 2.56 bits per heavy atom. The Kier molecular flexibility index (Phi) is 7.21. The van der Waals surface area contributed by atoms with Gasteiger partial charge in [-0.3, -0.25) is 30.4 Å². The van der Waals surface area contributed by atoms with Crippen molar-refractivity contribution in [3.63, 3.8) is 0 Å². The quantitative estimate of drug-likeness (QED) is 0.412. The monoisotopic (exact) mass is 378 g/mol. The number of carbonyl (C=O) groups excluding carboxylic acids is 1. The molecule has 0 radical (unpaired) electrons. The topological polar surface area (TPSA) is 137 Å². The van der Waals surface area contributed by atoms with Crippen LogP contribution in [0, 0.1) is 26.1 Å². The fourth-order valence-electron chi connectivity index (χ4n) is 3.07. The first kappa shape index (κ1) is 20.3. The molecule has 0 unspecified atom stereocenters. The van der Waals surface area contributed by atoms with Crippen LogP contribution in [0.25, 0.3) is 0 Å². The van der Waals surface area contributed by atoms with Gasteiger partial charge in [-0.1, -0.05) is 0 Å². The largest absolute Gasteiger partial charge is 0.469 e. The molecule has 0 aromatic heterocycles. The Balaban J connectivity index is 1.89. The predicted molar refractivity (Wildman–Crippen MR) is 98.6 cm³/mol. The number of nitrogens with one attached hydrogen (secondary N) is 1. The van der Waals surface area contributed by atoms with E-state index in [0.29, 0.717) is 12.3 Å². The minimum atomic E-state index is -0.676. The maximum atomic E-state index is 11.1. The Bertz CT molecular complexity index is 739. The number of hydrazone groups is 1. The van der Waals surface area contributed by atoms with E-state index in [0.717, 1.165) is 50.3 Å². The number of non-ortho nitro benzene ring substituents is 1. The van der Waals surface area contributed by atoms with Crippen molar-refractivity contribution >= 4 is 28.7 Å². The fourth-order valence-corrected chi connectivity index (χ4v) is 3.07. The van der Waals surface area contributed by atoms with Crippen LogP contribution in [0.4, 0.5) is 17.1 Å². The minimum absolute atomic E-state index is 0.123. The lowest BCUT2D eigenvalue weighted by atomic mass is 9.85. The molecule has 2 rings (SSSR count). The molecule has 0 amide bonds. The first-order chi connectivity index (χ1) is 12.9. The maximum absolute atomic E-state index is 11.1. The standard InChI is InChI=1S/C17H22N4O6/c1-27-17(22)4-2-3-12-5-7-13(8-6-12)18-19-15-10-9-14(20(23)24)11-16(15)21(25)26/h9-12,19H,2-8H2,1H3. The van der Waals surface area contributed by atoms with Crippen LogP contribution in [0.3, 0.4) is 0 Å². The van der Waals surface area contributed by atoms with Crippen LogP contribution in [0.1, 0.15) is 44.9 Å². The normalized spacial score (nSPS) is 16.5. The van der Waals surface area contributed by atoms with Gasteiger partial charge in [-0.25, -0.2) is 0 Å². The van der Waals surface area contributed by atoms with Gasteiger partial charge in [0.25, 0.3) is 5.69 Å². The van der Waals surface area contributed by atoms with Gasteiger partial charge in [0.05, 0.1) is 23.0 Å². The van der Waals surface area contributed by atoms with Gasteiger partial charge in [-0.2, -0.15) is 5.10 Å². The number of benzene rings is 1. The number of esters is 1. The van der Waals surface area contributed by atoms with Crippen molar-refractivity contribution < 1.29 is 19.4 Å². The zero-order valence-corrected chi connectivity index (χ0v) is 15.1. The van der Waals surface area contributed by atoms with E-state index in [2.05, 4.69) is 15.3 Å². The van der Waals surface area contributed by atoms with Crippen molar-refractivity contribution in [3.8, 4) is 0 Å². The highest BCUT2D eigenvalue weighted by Crippen LogP contribution is 2.30. The summed E-state index contributed by atoms with van der Waals surface area (Å²) in [5.41, 5.74) is 2.98. The average Bonchev–Trinajstić information content (AvgIpc) is 2.66. The third-order valence-corrected chi connectivity index (χ3v) is 4.63. The molecule has 0 bridgehead atoms. The zero-order chi connectivity index (χ0) is 19.8. The van der Waals surface area contributed by atoms with Crippen LogP contribution in [0.2, 0.25) is 0 Å². The first-order valence-electron chi connectivity index (χ1n) is 8.71. The van der Waals surface area contributed by atoms with Gasteiger partial charge in [0.15, 0.2) is 0 Å². The number of ether oxygens (including phenoxy) is 1. The lowest BCUT2D eigenvalue weighted by Gasteiger charge is -2.22. The van der Waals surface area contributed by atoms with Crippen LogP contribution in [-0.2, 0) is 9.53 Å². The number of anilines is 1. The van der Waals surface area contributed by atoms with E-state index in [4.69, 9.17) is 0 Å². The number of nitrogens with zero attached hydrogens (tertiary/aromatic N) is 3. The predicted octanol–water partition coefficient (Wildman–Crippen LogP) is 3.80. The van der Waals surface area contributed by atoms with Crippen molar-refractivity contribution in [2.75, 3.05) is 12.5 Å². The average molecular weight is 378 g/mol. The number of rotatable bonds is 8. The van der Waals surface area contributed by atoms with Crippen LogP contribution < -0.4 is 5.43 Å². The molecule has 0 saturated heterocycles.